The normalized spacial score (nSPS) is 20.2. The molecule has 0 unspecified atom stereocenters. The molecule has 1 aliphatic carbocycles. The second kappa shape index (κ2) is 10.2. The number of morpholine rings is 1. The Kier molecular flexibility index (Phi) is 7.34. The minimum absolute atomic E-state index is 0.116. The zero-order chi connectivity index (χ0) is 23.4. The standard InChI is InChI=1S/C25H28F4N2O2/c26-21-10-8-19(9-11-21)24(32)31(22-6-1-2-7-22)17-23-16-30(12-13-33-23)15-18-4-3-5-20(14-18)25(27,28)29/h3-5,8-11,14,22-23H,1-2,6-7,12-13,15-17H2/t23-/m1/s1. The lowest BCUT2D eigenvalue weighted by molar-refractivity contribution is -0.137. The van der Waals surface area contributed by atoms with Gasteiger partial charge in [0.15, 0.2) is 0 Å². The van der Waals surface area contributed by atoms with E-state index in [-0.39, 0.29) is 23.9 Å². The topological polar surface area (TPSA) is 32.8 Å². The lowest BCUT2D eigenvalue weighted by Crippen LogP contribution is -2.50. The van der Waals surface area contributed by atoms with E-state index in [4.69, 9.17) is 4.74 Å². The van der Waals surface area contributed by atoms with Crippen molar-refractivity contribution in [2.24, 2.45) is 0 Å². The number of amides is 1. The molecule has 1 aliphatic heterocycles. The Morgan fingerprint density at radius 1 is 1.09 bits per heavy atom. The molecule has 2 aliphatic rings. The van der Waals surface area contributed by atoms with E-state index in [1.807, 2.05) is 4.90 Å². The second-order valence-electron chi connectivity index (χ2n) is 8.83. The van der Waals surface area contributed by atoms with Crippen molar-refractivity contribution in [3.8, 4) is 0 Å². The van der Waals surface area contributed by atoms with Crippen molar-refractivity contribution in [2.75, 3.05) is 26.2 Å². The van der Waals surface area contributed by atoms with Gasteiger partial charge in [-0.3, -0.25) is 9.69 Å². The van der Waals surface area contributed by atoms with Crippen molar-refractivity contribution in [1.82, 2.24) is 9.80 Å². The van der Waals surface area contributed by atoms with Gasteiger partial charge in [-0.1, -0.05) is 31.0 Å². The first-order valence-electron chi connectivity index (χ1n) is 11.4. The molecule has 4 rings (SSSR count). The highest BCUT2D eigenvalue weighted by atomic mass is 19.4. The van der Waals surface area contributed by atoms with Crippen molar-refractivity contribution in [3.63, 3.8) is 0 Å². The van der Waals surface area contributed by atoms with Gasteiger partial charge in [0.2, 0.25) is 0 Å². The molecule has 2 fully saturated rings. The Bertz CT molecular complexity index is 942. The zero-order valence-corrected chi connectivity index (χ0v) is 18.4. The first-order chi connectivity index (χ1) is 15.8. The fraction of sp³-hybridized carbons (Fsp3) is 0.480. The molecular weight excluding hydrogens is 436 g/mol. The first-order valence-corrected chi connectivity index (χ1v) is 11.4. The van der Waals surface area contributed by atoms with Gasteiger partial charge in [0.05, 0.1) is 18.3 Å². The van der Waals surface area contributed by atoms with E-state index < -0.39 is 11.7 Å². The monoisotopic (exact) mass is 464 g/mol. The van der Waals surface area contributed by atoms with E-state index in [0.717, 1.165) is 31.7 Å². The van der Waals surface area contributed by atoms with Gasteiger partial charge in [-0.2, -0.15) is 13.2 Å². The number of halogens is 4. The third-order valence-electron chi connectivity index (χ3n) is 6.40. The maximum atomic E-state index is 13.3. The van der Waals surface area contributed by atoms with Crippen LogP contribution in [0, 0.1) is 5.82 Å². The number of hydrogen-bond acceptors (Lipinski definition) is 3. The SMILES string of the molecule is O=C(c1ccc(F)cc1)N(C[C@H]1CN(Cc2cccc(C(F)(F)F)c2)CCO1)C1CCCC1. The molecule has 1 saturated heterocycles. The molecule has 0 aromatic heterocycles. The van der Waals surface area contributed by atoms with Crippen LogP contribution in [0.1, 0.15) is 47.2 Å². The molecule has 1 amide bonds. The lowest BCUT2D eigenvalue weighted by Gasteiger charge is -2.38. The molecule has 0 radical (unpaired) electrons. The second-order valence-corrected chi connectivity index (χ2v) is 8.83. The highest BCUT2D eigenvalue weighted by molar-refractivity contribution is 5.94. The summed E-state index contributed by atoms with van der Waals surface area (Å²) in [5, 5.41) is 0. The molecule has 1 atom stereocenters. The molecule has 178 valence electrons. The maximum Gasteiger partial charge on any atom is 0.416 e. The molecule has 2 aromatic rings. The fourth-order valence-electron chi connectivity index (χ4n) is 4.73. The average molecular weight is 465 g/mol. The van der Waals surface area contributed by atoms with Crippen molar-refractivity contribution < 1.29 is 27.1 Å². The third kappa shape index (κ3) is 6.12. The Labute approximate surface area is 191 Å². The highest BCUT2D eigenvalue weighted by Gasteiger charge is 2.33. The number of carbonyl (C=O) groups excluding carboxylic acids is 1. The van der Waals surface area contributed by atoms with Crippen LogP contribution < -0.4 is 0 Å². The number of rotatable bonds is 6. The Hall–Kier alpha value is -2.45. The summed E-state index contributed by atoms with van der Waals surface area (Å²) in [6, 6.07) is 11.1. The molecular formula is C25H28F4N2O2. The minimum atomic E-state index is -4.37. The number of ether oxygens (including phenoxy) is 1. The summed E-state index contributed by atoms with van der Waals surface area (Å²) in [6.45, 7) is 2.38. The van der Waals surface area contributed by atoms with Gasteiger partial charge in [0, 0.05) is 37.8 Å². The van der Waals surface area contributed by atoms with Gasteiger partial charge in [0.25, 0.3) is 5.91 Å². The van der Waals surface area contributed by atoms with E-state index in [0.29, 0.717) is 43.9 Å². The number of nitrogens with zero attached hydrogens (tertiary/aromatic N) is 2. The van der Waals surface area contributed by atoms with Crippen molar-refractivity contribution in [2.45, 2.75) is 50.6 Å². The summed E-state index contributed by atoms with van der Waals surface area (Å²) in [7, 11) is 0. The summed E-state index contributed by atoms with van der Waals surface area (Å²) in [4.78, 5) is 17.2. The minimum Gasteiger partial charge on any atom is -0.374 e. The quantitative estimate of drug-likeness (QED) is 0.556. The highest BCUT2D eigenvalue weighted by Crippen LogP contribution is 2.30. The molecule has 1 heterocycles. The molecule has 0 spiro atoms. The molecule has 0 N–H and O–H groups in total. The van der Waals surface area contributed by atoms with Crippen LogP contribution in [0.25, 0.3) is 0 Å². The first kappa shape index (κ1) is 23.7. The maximum absolute atomic E-state index is 13.3. The van der Waals surface area contributed by atoms with E-state index in [9.17, 15) is 22.4 Å². The molecule has 2 aromatic carbocycles. The summed E-state index contributed by atoms with van der Waals surface area (Å²) in [6.07, 6.45) is -0.641. The van der Waals surface area contributed by atoms with Crippen LogP contribution >= 0.6 is 0 Å². The van der Waals surface area contributed by atoms with Crippen molar-refractivity contribution >= 4 is 5.91 Å². The number of alkyl halides is 3. The molecule has 0 bridgehead atoms. The van der Waals surface area contributed by atoms with Crippen LogP contribution in [-0.4, -0.2) is 54.1 Å². The number of hydrogen-bond donors (Lipinski definition) is 0. The number of carbonyl (C=O) groups is 1. The van der Waals surface area contributed by atoms with E-state index in [1.165, 1.54) is 36.4 Å². The zero-order valence-electron chi connectivity index (χ0n) is 18.4. The molecule has 4 nitrogen and oxygen atoms in total. The summed E-state index contributed by atoms with van der Waals surface area (Å²) >= 11 is 0. The predicted octanol–water partition coefficient (Wildman–Crippen LogP) is 5.13. The third-order valence-corrected chi connectivity index (χ3v) is 6.40. The van der Waals surface area contributed by atoms with E-state index in [1.54, 1.807) is 6.07 Å². The molecule has 8 heteroatoms. The Morgan fingerprint density at radius 3 is 2.52 bits per heavy atom. The van der Waals surface area contributed by atoms with Crippen molar-refractivity contribution in [1.29, 1.82) is 0 Å². The van der Waals surface area contributed by atoms with Crippen molar-refractivity contribution in [3.05, 3.63) is 71.0 Å². The van der Waals surface area contributed by atoms with Crippen LogP contribution in [0.2, 0.25) is 0 Å². The lowest BCUT2D eigenvalue weighted by atomic mass is 10.1. The van der Waals surface area contributed by atoms with Gasteiger partial charge in [0.1, 0.15) is 5.82 Å². The Morgan fingerprint density at radius 2 is 1.82 bits per heavy atom. The van der Waals surface area contributed by atoms with Gasteiger partial charge in [-0.15, -0.1) is 0 Å². The summed E-state index contributed by atoms with van der Waals surface area (Å²) in [5.41, 5.74) is 0.391. The van der Waals surface area contributed by atoms with Crippen LogP contribution in [0.4, 0.5) is 17.6 Å². The average Bonchev–Trinajstić information content (AvgIpc) is 3.32. The predicted molar refractivity (Wildman–Crippen MR) is 116 cm³/mol. The summed E-state index contributed by atoms with van der Waals surface area (Å²) in [5.74, 6) is -0.527. The largest absolute Gasteiger partial charge is 0.416 e. The number of benzene rings is 2. The van der Waals surface area contributed by atoms with Crippen LogP contribution in [-0.2, 0) is 17.5 Å². The summed E-state index contributed by atoms with van der Waals surface area (Å²) < 4.78 is 58.4. The molecule has 1 saturated carbocycles. The van der Waals surface area contributed by atoms with Gasteiger partial charge in [-0.05, 0) is 48.7 Å². The molecule has 33 heavy (non-hydrogen) atoms. The Balaban J connectivity index is 1.43. The van der Waals surface area contributed by atoms with E-state index >= 15 is 0 Å². The van der Waals surface area contributed by atoms with Crippen LogP contribution in [0.15, 0.2) is 48.5 Å². The van der Waals surface area contributed by atoms with Gasteiger partial charge >= 0.3 is 6.18 Å². The van der Waals surface area contributed by atoms with Gasteiger partial charge < -0.3 is 9.64 Å². The van der Waals surface area contributed by atoms with Crippen LogP contribution in [0.5, 0.6) is 0 Å². The van der Waals surface area contributed by atoms with E-state index in [2.05, 4.69) is 4.90 Å². The smallest absolute Gasteiger partial charge is 0.374 e. The van der Waals surface area contributed by atoms with Gasteiger partial charge in [-0.25, -0.2) is 4.39 Å². The van der Waals surface area contributed by atoms with Crippen LogP contribution in [0.3, 0.4) is 0 Å². The fourth-order valence-corrected chi connectivity index (χ4v) is 4.73.